The molecule has 0 saturated heterocycles. The lowest BCUT2D eigenvalue weighted by Crippen LogP contribution is -1.94. The fraction of sp³-hybridized carbons (Fsp3) is 0. The predicted molar refractivity (Wildman–Crippen MR) is 180 cm³/mol. The van der Waals surface area contributed by atoms with Crippen LogP contribution in [0.5, 0.6) is 0 Å². The Morgan fingerprint density at radius 1 is 0.326 bits per heavy atom. The van der Waals surface area contributed by atoms with E-state index < -0.39 is 0 Å². The normalized spacial score (nSPS) is 12.2. The van der Waals surface area contributed by atoms with Gasteiger partial charge in [0.05, 0.1) is 22.1 Å². The molecule has 10 rings (SSSR count). The Hall–Kier alpha value is -5.80. The number of hydrogen-bond donors (Lipinski definition) is 0. The molecule has 0 aliphatic carbocycles. The first kappa shape index (κ1) is 22.8. The summed E-state index contributed by atoms with van der Waals surface area (Å²) in [7, 11) is 0. The van der Waals surface area contributed by atoms with Gasteiger partial charge in [0.1, 0.15) is 11.2 Å². The van der Waals surface area contributed by atoms with E-state index in [-0.39, 0.29) is 0 Å². The number of hydrogen-bond acceptors (Lipinski definition) is 1. The molecule has 0 amide bonds. The van der Waals surface area contributed by atoms with Gasteiger partial charge < -0.3 is 13.6 Å². The molecule has 10 aromatic rings. The van der Waals surface area contributed by atoms with Crippen molar-refractivity contribution in [3.05, 3.63) is 146 Å². The van der Waals surface area contributed by atoms with Gasteiger partial charge in [0.25, 0.3) is 0 Å². The minimum Gasteiger partial charge on any atom is -0.456 e. The largest absolute Gasteiger partial charge is 0.456 e. The maximum Gasteiger partial charge on any atom is 0.137 e. The summed E-state index contributed by atoms with van der Waals surface area (Å²) < 4.78 is 11.3. The van der Waals surface area contributed by atoms with Crippen LogP contribution in [0.15, 0.2) is 150 Å². The SMILES string of the molecule is c1ccc(-n2c3ccccc3c3cc4c(cc32)c2ccccc2n4-c2ccc3c(c2)oc2cc4ccccc4cc23)cc1. The van der Waals surface area contributed by atoms with Crippen molar-refractivity contribution < 1.29 is 4.42 Å². The molecular formula is C40H24N2O. The standard InChI is InChI=1S/C40H24N2O/c1-2-12-27(13-3-1)41-35-16-8-6-14-29(35)32-24-38-33(23-37(32)41)30-15-7-9-17-36(30)42(38)28-18-19-31-34-20-25-10-4-5-11-26(25)21-39(34)43-40(31)22-28/h1-24H. The molecule has 0 aliphatic heterocycles. The van der Waals surface area contributed by atoms with Crippen LogP contribution in [0.1, 0.15) is 0 Å². The smallest absolute Gasteiger partial charge is 0.137 e. The van der Waals surface area contributed by atoms with Gasteiger partial charge in [-0.15, -0.1) is 0 Å². The van der Waals surface area contributed by atoms with E-state index in [4.69, 9.17) is 4.42 Å². The fourth-order valence-corrected chi connectivity index (χ4v) is 7.15. The molecular weight excluding hydrogens is 524 g/mol. The van der Waals surface area contributed by atoms with Crippen LogP contribution in [0.4, 0.5) is 0 Å². The van der Waals surface area contributed by atoms with Crippen molar-refractivity contribution in [1.82, 2.24) is 9.13 Å². The van der Waals surface area contributed by atoms with E-state index in [2.05, 4.69) is 155 Å². The summed E-state index contributed by atoms with van der Waals surface area (Å²) >= 11 is 0. The number of para-hydroxylation sites is 3. The number of rotatable bonds is 2. The van der Waals surface area contributed by atoms with Crippen LogP contribution in [0.3, 0.4) is 0 Å². The summed E-state index contributed by atoms with van der Waals surface area (Å²) in [5.74, 6) is 0. The molecule has 3 heterocycles. The minimum atomic E-state index is 0.899. The zero-order valence-electron chi connectivity index (χ0n) is 23.2. The van der Waals surface area contributed by atoms with Crippen LogP contribution in [0.2, 0.25) is 0 Å². The third kappa shape index (κ3) is 3.14. The highest BCUT2D eigenvalue weighted by Crippen LogP contribution is 2.40. The summed E-state index contributed by atoms with van der Waals surface area (Å²) in [4.78, 5) is 0. The van der Waals surface area contributed by atoms with Gasteiger partial charge in [0.15, 0.2) is 0 Å². The molecule has 0 saturated carbocycles. The lowest BCUT2D eigenvalue weighted by Gasteiger charge is -2.09. The lowest BCUT2D eigenvalue weighted by molar-refractivity contribution is 0.669. The van der Waals surface area contributed by atoms with Crippen molar-refractivity contribution in [3.63, 3.8) is 0 Å². The van der Waals surface area contributed by atoms with E-state index in [1.54, 1.807) is 0 Å². The van der Waals surface area contributed by atoms with Crippen LogP contribution >= 0.6 is 0 Å². The van der Waals surface area contributed by atoms with E-state index in [0.717, 1.165) is 27.6 Å². The highest BCUT2D eigenvalue weighted by molar-refractivity contribution is 6.19. The molecule has 0 radical (unpaired) electrons. The number of fused-ring (bicyclic) bond motifs is 10. The molecule has 0 bridgehead atoms. The van der Waals surface area contributed by atoms with E-state index in [9.17, 15) is 0 Å². The molecule has 3 nitrogen and oxygen atoms in total. The Bertz CT molecular complexity index is 2720. The fourth-order valence-electron chi connectivity index (χ4n) is 7.15. The number of nitrogens with zero attached hydrogens (tertiary/aromatic N) is 2. The second kappa shape index (κ2) is 8.37. The average molecular weight is 549 g/mol. The van der Waals surface area contributed by atoms with E-state index >= 15 is 0 Å². The predicted octanol–water partition coefficient (Wildman–Crippen LogP) is 10.9. The Labute approximate surface area is 246 Å². The summed E-state index contributed by atoms with van der Waals surface area (Å²) in [6, 6.07) is 52.4. The number of furan rings is 1. The highest BCUT2D eigenvalue weighted by Gasteiger charge is 2.19. The number of aromatic nitrogens is 2. The molecule has 3 heteroatoms. The monoisotopic (exact) mass is 548 g/mol. The van der Waals surface area contributed by atoms with Gasteiger partial charge in [-0.1, -0.05) is 78.9 Å². The maximum absolute atomic E-state index is 6.49. The van der Waals surface area contributed by atoms with Crippen LogP contribution in [-0.2, 0) is 0 Å². The number of benzene rings is 7. The van der Waals surface area contributed by atoms with Gasteiger partial charge in [-0.3, -0.25) is 0 Å². The van der Waals surface area contributed by atoms with Crippen LogP contribution in [-0.4, -0.2) is 9.13 Å². The summed E-state index contributed by atoms with van der Waals surface area (Å²) in [6.45, 7) is 0. The van der Waals surface area contributed by atoms with Crippen molar-refractivity contribution in [2.45, 2.75) is 0 Å². The minimum absolute atomic E-state index is 0.899. The van der Waals surface area contributed by atoms with Crippen molar-refractivity contribution >= 4 is 76.3 Å². The summed E-state index contributed by atoms with van der Waals surface area (Å²) in [5.41, 5.74) is 8.87. The maximum atomic E-state index is 6.49. The third-order valence-corrected chi connectivity index (χ3v) is 9.06. The van der Waals surface area contributed by atoms with Gasteiger partial charge in [-0.2, -0.15) is 0 Å². The lowest BCUT2D eigenvalue weighted by atomic mass is 10.1. The van der Waals surface area contributed by atoms with Crippen molar-refractivity contribution in [2.75, 3.05) is 0 Å². The molecule has 0 unspecified atom stereocenters. The second-order valence-corrected chi connectivity index (χ2v) is 11.4. The topological polar surface area (TPSA) is 23.0 Å². The molecule has 0 spiro atoms. The van der Waals surface area contributed by atoms with Gasteiger partial charge in [0, 0.05) is 49.8 Å². The summed E-state index contributed by atoms with van der Waals surface area (Å²) in [6.07, 6.45) is 0. The second-order valence-electron chi connectivity index (χ2n) is 11.4. The van der Waals surface area contributed by atoms with Crippen molar-refractivity contribution in [3.8, 4) is 11.4 Å². The molecule has 200 valence electrons. The van der Waals surface area contributed by atoms with E-state index in [1.807, 2.05) is 0 Å². The van der Waals surface area contributed by atoms with Crippen LogP contribution in [0, 0.1) is 0 Å². The molecule has 3 aromatic heterocycles. The van der Waals surface area contributed by atoms with Gasteiger partial charge in [-0.05, 0) is 71.4 Å². The van der Waals surface area contributed by atoms with Gasteiger partial charge in [-0.25, -0.2) is 0 Å². The zero-order valence-corrected chi connectivity index (χ0v) is 23.2. The molecule has 7 aromatic carbocycles. The van der Waals surface area contributed by atoms with Crippen molar-refractivity contribution in [2.24, 2.45) is 0 Å². The van der Waals surface area contributed by atoms with E-state index in [1.165, 1.54) is 60.1 Å². The first-order valence-electron chi connectivity index (χ1n) is 14.7. The highest BCUT2D eigenvalue weighted by atomic mass is 16.3. The third-order valence-electron chi connectivity index (χ3n) is 9.06. The molecule has 0 fully saturated rings. The van der Waals surface area contributed by atoms with Crippen molar-refractivity contribution in [1.29, 1.82) is 0 Å². The van der Waals surface area contributed by atoms with Gasteiger partial charge >= 0.3 is 0 Å². The Balaban J connectivity index is 1.29. The first-order valence-corrected chi connectivity index (χ1v) is 14.7. The quantitative estimate of drug-likeness (QED) is 0.211. The molecule has 0 N–H and O–H groups in total. The average Bonchev–Trinajstić information content (AvgIpc) is 3.69. The van der Waals surface area contributed by atoms with Crippen LogP contribution in [0.25, 0.3) is 87.7 Å². The molecule has 0 aliphatic rings. The Morgan fingerprint density at radius 2 is 0.884 bits per heavy atom. The first-order chi connectivity index (χ1) is 21.3. The Kier molecular flexibility index (Phi) is 4.45. The van der Waals surface area contributed by atoms with E-state index in [0.29, 0.717) is 0 Å². The summed E-state index contributed by atoms with van der Waals surface area (Å²) in [5, 5.41) is 9.67. The Morgan fingerprint density at radius 3 is 1.58 bits per heavy atom. The van der Waals surface area contributed by atoms with Crippen LogP contribution < -0.4 is 0 Å². The molecule has 43 heavy (non-hydrogen) atoms. The molecule has 0 atom stereocenters. The zero-order chi connectivity index (χ0) is 28.1. The van der Waals surface area contributed by atoms with Gasteiger partial charge in [0.2, 0.25) is 0 Å².